The number of methoxy groups -OCH3 is 1. The lowest BCUT2D eigenvalue weighted by Crippen LogP contribution is -2.26. The molecule has 0 fully saturated rings. The van der Waals surface area contributed by atoms with Crippen molar-refractivity contribution in [2.24, 2.45) is 0 Å². The number of carbonyl (C=O) groups excluding carboxylic acids is 1. The van der Waals surface area contributed by atoms with E-state index in [0.717, 1.165) is 22.2 Å². The van der Waals surface area contributed by atoms with Gasteiger partial charge in [0.15, 0.2) is 0 Å². The molecule has 1 aromatic heterocycles. The number of amides is 1. The summed E-state index contributed by atoms with van der Waals surface area (Å²) in [6.07, 6.45) is 0. The summed E-state index contributed by atoms with van der Waals surface area (Å²) in [5.74, 6) is 0.624. The maximum absolute atomic E-state index is 12.4. The van der Waals surface area contributed by atoms with Crippen molar-refractivity contribution in [3.63, 3.8) is 0 Å². The number of H-pyrrole nitrogens is 1. The Balaban J connectivity index is 1.83. The van der Waals surface area contributed by atoms with Crippen LogP contribution in [-0.4, -0.2) is 18.0 Å². The van der Waals surface area contributed by atoms with Crippen LogP contribution in [0.25, 0.3) is 10.9 Å². The van der Waals surface area contributed by atoms with Crippen LogP contribution in [0.4, 0.5) is 0 Å². The number of rotatable bonds is 4. The summed E-state index contributed by atoms with van der Waals surface area (Å²) in [6, 6.07) is 17.4. The van der Waals surface area contributed by atoms with Gasteiger partial charge in [-0.25, -0.2) is 0 Å². The molecular formula is C18H18N2O2. The van der Waals surface area contributed by atoms with Crippen LogP contribution in [0.1, 0.15) is 29.0 Å². The van der Waals surface area contributed by atoms with Gasteiger partial charge in [-0.05, 0) is 30.7 Å². The van der Waals surface area contributed by atoms with E-state index in [0.29, 0.717) is 5.69 Å². The second kappa shape index (κ2) is 5.93. The number of aromatic amines is 1. The van der Waals surface area contributed by atoms with Crippen molar-refractivity contribution in [2.45, 2.75) is 13.0 Å². The summed E-state index contributed by atoms with van der Waals surface area (Å²) in [5, 5.41) is 3.91. The Morgan fingerprint density at radius 3 is 2.64 bits per heavy atom. The number of ether oxygens (including phenoxy) is 1. The Labute approximate surface area is 129 Å². The molecule has 0 radical (unpaired) electrons. The molecule has 2 aromatic carbocycles. The average Bonchev–Trinajstić information content (AvgIpc) is 2.99. The van der Waals surface area contributed by atoms with Crippen LogP contribution >= 0.6 is 0 Å². The molecule has 0 unspecified atom stereocenters. The van der Waals surface area contributed by atoms with Crippen LogP contribution in [0.3, 0.4) is 0 Å². The van der Waals surface area contributed by atoms with E-state index >= 15 is 0 Å². The predicted octanol–water partition coefficient (Wildman–Crippen LogP) is 3.67. The number of aromatic nitrogens is 1. The smallest absolute Gasteiger partial charge is 0.268 e. The van der Waals surface area contributed by atoms with Gasteiger partial charge in [0.25, 0.3) is 5.91 Å². The Hall–Kier alpha value is -2.75. The number of carbonyl (C=O) groups is 1. The molecule has 0 saturated carbocycles. The van der Waals surface area contributed by atoms with Crippen molar-refractivity contribution < 1.29 is 9.53 Å². The predicted molar refractivity (Wildman–Crippen MR) is 87.2 cm³/mol. The molecule has 0 spiro atoms. The van der Waals surface area contributed by atoms with Gasteiger partial charge >= 0.3 is 0 Å². The summed E-state index contributed by atoms with van der Waals surface area (Å²) >= 11 is 0. The van der Waals surface area contributed by atoms with Crippen molar-refractivity contribution in [1.82, 2.24) is 10.3 Å². The van der Waals surface area contributed by atoms with Crippen molar-refractivity contribution in [3.05, 3.63) is 65.9 Å². The van der Waals surface area contributed by atoms with Gasteiger partial charge in [-0.3, -0.25) is 4.79 Å². The molecule has 0 aliphatic carbocycles. The summed E-state index contributed by atoms with van der Waals surface area (Å²) in [6.45, 7) is 1.97. The first kappa shape index (κ1) is 14.2. The zero-order chi connectivity index (χ0) is 15.5. The second-order valence-electron chi connectivity index (χ2n) is 5.21. The minimum Gasteiger partial charge on any atom is -0.496 e. The molecule has 1 amide bonds. The molecule has 1 atom stereocenters. The van der Waals surface area contributed by atoms with Crippen LogP contribution in [0.2, 0.25) is 0 Å². The van der Waals surface area contributed by atoms with Crippen LogP contribution in [0, 0.1) is 0 Å². The van der Waals surface area contributed by atoms with Crippen LogP contribution in [0.5, 0.6) is 5.75 Å². The third kappa shape index (κ3) is 2.68. The maximum Gasteiger partial charge on any atom is 0.268 e. The Morgan fingerprint density at radius 1 is 1.14 bits per heavy atom. The molecule has 3 aromatic rings. The molecule has 22 heavy (non-hydrogen) atoms. The van der Waals surface area contributed by atoms with Gasteiger partial charge in [0, 0.05) is 10.9 Å². The van der Waals surface area contributed by atoms with Gasteiger partial charge in [-0.15, -0.1) is 0 Å². The van der Waals surface area contributed by atoms with E-state index in [1.165, 1.54) is 0 Å². The lowest BCUT2D eigenvalue weighted by Gasteiger charge is -2.13. The fraction of sp³-hybridized carbons (Fsp3) is 0.167. The number of nitrogens with one attached hydrogen (secondary N) is 2. The molecule has 112 valence electrons. The Kier molecular flexibility index (Phi) is 3.83. The topological polar surface area (TPSA) is 54.1 Å². The first-order valence-corrected chi connectivity index (χ1v) is 7.20. The number of fused-ring (bicyclic) bond motifs is 1. The van der Waals surface area contributed by atoms with E-state index in [1.54, 1.807) is 7.11 Å². The highest BCUT2D eigenvalue weighted by Gasteiger charge is 2.14. The highest BCUT2D eigenvalue weighted by atomic mass is 16.5. The van der Waals surface area contributed by atoms with Crippen LogP contribution in [-0.2, 0) is 0 Å². The Morgan fingerprint density at radius 2 is 1.91 bits per heavy atom. The first-order valence-electron chi connectivity index (χ1n) is 7.20. The van der Waals surface area contributed by atoms with E-state index in [9.17, 15) is 4.79 Å². The second-order valence-corrected chi connectivity index (χ2v) is 5.21. The summed E-state index contributed by atoms with van der Waals surface area (Å²) in [7, 11) is 1.62. The molecule has 0 saturated heterocycles. The third-order valence-corrected chi connectivity index (χ3v) is 3.74. The van der Waals surface area contributed by atoms with Crippen molar-refractivity contribution >= 4 is 16.8 Å². The minimum absolute atomic E-state index is 0.0537. The van der Waals surface area contributed by atoms with E-state index in [-0.39, 0.29) is 11.9 Å². The van der Waals surface area contributed by atoms with Crippen molar-refractivity contribution in [3.8, 4) is 5.75 Å². The molecule has 0 aliphatic rings. The first-order chi connectivity index (χ1) is 10.7. The lowest BCUT2D eigenvalue weighted by atomic mass is 10.1. The van der Waals surface area contributed by atoms with Crippen LogP contribution < -0.4 is 10.1 Å². The van der Waals surface area contributed by atoms with E-state index in [2.05, 4.69) is 10.3 Å². The van der Waals surface area contributed by atoms with Gasteiger partial charge in [0.2, 0.25) is 0 Å². The summed E-state index contributed by atoms with van der Waals surface area (Å²) < 4.78 is 5.32. The molecule has 2 N–H and O–H groups in total. The van der Waals surface area contributed by atoms with Crippen LogP contribution in [0.15, 0.2) is 54.6 Å². The third-order valence-electron chi connectivity index (χ3n) is 3.74. The number of hydrogen-bond donors (Lipinski definition) is 2. The fourth-order valence-electron chi connectivity index (χ4n) is 2.53. The Bertz CT molecular complexity index is 793. The zero-order valence-corrected chi connectivity index (χ0v) is 12.6. The van der Waals surface area contributed by atoms with Gasteiger partial charge in [-0.2, -0.15) is 0 Å². The standard InChI is InChI=1S/C18H18N2O2/c1-12(13-7-4-3-5-8-13)19-18(21)16-11-14-15(20-16)9-6-10-17(14)22-2/h3-12,20H,1-2H3,(H,19,21)/t12-/m1/s1. The number of benzene rings is 2. The van der Waals surface area contributed by atoms with Gasteiger partial charge in [0.1, 0.15) is 11.4 Å². The normalized spacial score (nSPS) is 12.1. The molecule has 0 aliphatic heterocycles. The van der Waals surface area contributed by atoms with Crippen molar-refractivity contribution in [1.29, 1.82) is 0 Å². The van der Waals surface area contributed by atoms with Gasteiger partial charge < -0.3 is 15.0 Å². The maximum atomic E-state index is 12.4. The SMILES string of the molecule is COc1cccc2[nH]c(C(=O)N[C@H](C)c3ccccc3)cc12. The largest absolute Gasteiger partial charge is 0.496 e. The quantitative estimate of drug-likeness (QED) is 0.771. The zero-order valence-electron chi connectivity index (χ0n) is 12.6. The highest BCUT2D eigenvalue weighted by Crippen LogP contribution is 2.26. The average molecular weight is 294 g/mol. The van der Waals surface area contributed by atoms with Gasteiger partial charge in [0.05, 0.1) is 13.2 Å². The van der Waals surface area contributed by atoms with Gasteiger partial charge in [-0.1, -0.05) is 36.4 Å². The minimum atomic E-state index is -0.130. The van der Waals surface area contributed by atoms with E-state index in [1.807, 2.05) is 61.5 Å². The van der Waals surface area contributed by atoms with E-state index in [4.69, 9.17) is 4.74 Å². The molecule has 0 bridgehead atoms. The summed E-state index contributed by atoms with van der Waals surface area (Å²) in [5.41, 5.74) is 2.49. The molecule has 3 rings (SSSR count). The van der Waals surface area contributed by atoms with Crippen molar-refractivity contribution in [2.75, 3.05) is 7.11 Å². The molecule has 4 nitrogen and oxygen atoms in total. The molecule has 1 heterocycles. The fourth-order valence-corrected chi connectivity index (χ4v) is 2.53. The molecular weight excluding hydrogens is 276 g/mol. The highest BCUT2D eigenvalue weighted by molar-refractivity contribution is 5.99. The monoisotopic (exact) mass is 294 g/mol. The van der Waals surface area contributed by atoms with E-state index < -0.39 is 0 Å². The summed E-state index contributed by atoms with van der Waals surface area (Å²) in [4.78, 5) is 15.5. The molecule has 4 heteroatoms. The number of hydrogen-bond acceptors (Lipinski definition) is 2. The lowest BCUT2D eigenvalue weighted by molar-refractivity contribution is 0.0935.